The lowest BCUT2D eigenvalue weighted by atomic mass is 9.68. The van der Waals surface area contributed by atoms with E-state index in [-0.39, 0.29) is 29.1 Å². The maximum absolute atomic E-state index is 12.0. The van der Waals surface area contributed by atoms with Gasteiger partial charge in [-0.3, -0.25) is 4.79 Å². The van der Waals surface area contributed by atoms with Gasteiger partial charge >= 0.3 is 0 Å². The Morgan fingerprint density at radius 3 is 2.89 bits per heavy atom. The van der Waals surface area contributed by atoms with Crippen molar-refractivity contribution in [2.75, 3.05) is 7.11 Å². The Hall–Kier alpha value is -1.35. The first kappa shape index (κ1) is 12.7. The number of fused-ring (bicyclic) bond motifs is 4. The van der Waals surface area contributed by atoms with Crippen molar-refractivity contribution in [2.24, 2.45) is 17.3 Å². The molecule has 1 unspecified atom stereocenters. The van der Waals surface area contributed by atoms with Crippen molar-refractivity contribution >= 4 is 5.78 Å². The fourth-order valence-corrected chi connectivity index (χ4v) is 3.90. The minimum atomic E-state index is -0.355. The van der Waals surface area contributed by atoms with Gasteiger partial charge in [0.15, 0.2) is 5.78 Å². The van der Waals surface area contributed by atoms with Crippen molar-refractivity contribution < 1.29 is 14.6 Å². The van der Waals surface area contributed by atoms with Gasteiger partial charge in [0, 0.05) is 12.3 Å². The van der Waals surface area contributed by atoms with E-state index in [9.17, 15) is 9.90 Å². The summed E-state index contributed by atoms with van der Waals surface area (Å²) >= 11 is 0. The van der Waals surface area contributed by atoms with E-state index in [1.165, 1.54) is 0 Å². The summed E-state index contributed by atoms with van der Waals surface area (Å²) in [5.41, 5.74) is 1.08. The van der Waals surface area contributed by atoms with Crippen LogP contribution in [0.3, 0.4) is 0 Å². The molecule has 0 aliphatic heterocycles. The number of hydrogen-bond donors (Lipinski definition) is 1. The Morgan fingerprint density at radius 2 is 2.16 bits per heavy atom. The van der Waals surface area contributed by atoms with Crippen LogP contribution in [-0.2, 0) is 9.53 Å². The summed E-state index contributed by atoms with van der Waals surface area (Å²) in [5.74, 6) is 1.25. The van der Waals surface area contributed by atoms with E-state index in [4.69, 9.17) is 4.74 Å². The number of aliphatic hydroxyl groups excluding tert-OH is 1. The average Bonchev–Trinajstić information content (AvgIpc) is 2.65. The van der Waals surface area contributed by atoms with Gasteiger partial charge in [0.25, 0.3) is 0 Å². The predicted octanol–water partition coefficient (Wildman–Crippen LogP) is 2.38. The molecule has 1 fully saturated rings. The number of carbonyl (C=O) groups is 1. The van der Waals surface area contributed by atoms with Crippen LogP contribution in [0.5, 0.6) is 0 Å². The highest BCUT2D eigenvalue weighted by molar-refractivity contribution is 5.91. The summed E-state index contributed by atoms with van der Waals surface area (Å²) in [6, 6.07) is 0. The van der Waals surface area contributed by atoms with Gasteiger partial charge in [-0.15, -0.1) is 0 Å². The van der Waals surface area contributed by atoms with Gasteiger partial charge in [-0.25, -0.2) is 0 Å². The number of carbonyl (C=O) groups excluding carboxylic acids is 1. The second-order valence-corrected chi connectivity index (χ2v) is 6.29. The molecule has 3 nitrogen and oxygen atoms in total. The first-order valence-corrected chi connectivity index (χ1v) is 6.88. The van der Waals surface area contributed by atoms with E-state index >= 15 is 0 Å². The van der Waals surface area contributed by atoms with Crippen LogP contribution in [0.25, 0.3) is 0 Å². The lowest BCUT2D eigenvalue weighted by molar-refractivity contribution is -0.116. The molecular weight excluding hydrogens is 240 g/mol. The van der Waals surface area contributed by atoms with Crippen LogP contribution in [0.2, 0.25) is 0 Å². The molecule has 3 rings (SSSR count). The zero-order valence-electron chi connectivity index (χ0n) is 11.4. The van der Waals surface area contributed by atoms with Crippen molar-refractivity contribution in [3.63, 3.8) is 0 Å². The Labute approximate surface area is 113 Å². The van der Waals surface area contributed by atoms with Crippen molar-refractivity contribution in [2.45, 2.75) is 32.3 Å². The van der Waals surface area contributed by atoms with E-state index < -0.39 is 0 Å². The van der Waals surface area contributed by atoms with Crippen LogP contribution in [-0.4, -0.2) is 24.1 Å². The second kappa shape index (κ2) is 4.34. The molecule has 4 atom stereocenters. The summed E-state index contributed by atoms with van der Waals surface area (Å²) in [5, 5.41) is 10.2. The van der Waals surface area contributed by atoms with Gasteiger partial charge < -0.3 is 9.84 Å². The lowest BCUT2D eigenvalue weighted by Gasteiger charge is -2.36. The SMILES string of the molecule is COC1=C[C@H]2C(=CC(=O)C[C@@H]3CC2(C)C[C@H]3O)C=C1. The predicted molar refractivity (Wildman–Crippen MR) is 72.3 cm³/mol. The average molecular weight is 260 g/mol. The minimum Gasteiger partial charge on any atom is -0.497 e. The number of ketones is 1. The largest absolute Gasteiger partial charge is 0.497 e. The van der Waals surface area contributed by atoms with Crippen molar-refractivity contribution in [3.05, 3.63) is 35.6 Å². The van der Waals surface area contributed by atoms with Gasteiger partial charge in [-0.1, -0.05) is 13.0 Å². The van der Waals surface area contributed by atoms with E-state index in [0.29, 0.717) is 6.42 Å². The quantitative estimate of drug-likeness (QED) is 0.787. The third kappa shape index (κ3) is 2.06. The third-order valence-electron chi connectivity index (χ3n) is 4.86. The molecule has 102 valence electrons. The van der Waals surface area contributed by atoms with Gasteiger partial charge in [-0.05, 0) is 48.0 Å². The Balaban J connectivity index is 2.06. The van der Waals surface area contributed by atoms with Crippen LogP contribution < -0.4 is 0 Å². The number of allylic oxidation sites excluding steroid dienone is 5. The Bertz CT molecular complexity index is 500. The molecule has 2 bridgehead atoms. The number of methoxy groups -OCH3 is 1. The third-order valence-corrected chi connectivity index (χ3v) is 4.86. The maximum atomic E-state index is 12.0. The molecule has 0 saturated heterocycles. The molecule has 1 N–H and O–H groups in total. The topological polar surface area (TPSA) is 46.5 Å². The summed E-state index contributed by atoms with van der Waals surface area (Å²) in [7, 11) is 1.66. The van der Waals surface area contributed by atoms with E-state index in [0.717, 1.165) is 24.2 Å². The summed E-state index contributed by atoms with van der Waals surface area (Å²) in [4.78, 5) is 12.0. The molecule has 0 heterocycles. The van der Waals surface area contributed by atoms with Crippen LogP contribution >= 0.6 is 0 Å². The molecule has 3 aliphatic rings. The minimum absolute atomic E-state index is 0.0190. The molecule has 0 aromatic rings. The molecule has 19 heavy (non-hydrogen) atoms. The number of aliphatic hydroxyl groups is 1. The monoisotopic (exact) mass is 260 g/mol. The molecule has 0 aromatic carbocycles. The number of hydrogen-bond acceptors (Lipinski definition) is 3. The highest BCUT2D eigenvalue weighted by Crippen LogP contribution is 2.53. The molecule has 3 aliphatic carbocycles. The van der Waals surface area contributed by atoms with Crippen molar-refractivity contribution in [3.8, 4) is 0 Å². The fraction of sp³-hybridized carbons (Fsp3) is 0.562. The molecular formula is C16H20O3. The maximum Gasteiger partial charge on any atom is 0.156 e. The van der Waals surface area contributed by atoms with Gasteiger partial charge in [0.2, 0.25) is 0 Å². The smallest absolute Gasteiger partial charge is 0.156 e. The Kier molecular flexibility index (Phi) is 2.90. The zero-order valence-corrected chi connectivity index (χ0v) is 11.4. The summed E-state index contributed by atoms with van der Waals surface area (Å²) in [6.07, 6.45) is 9.53. The summed E-state index contributed by atoms with van der Waals surface area (Å²) < 4.78 is 5.32. The van der Waals surface area contributed by atoms with Crippen LogP contribution in [0.15, 0.2) is 35.6 Å². The highest BCUT2D eigenvalue weighted by atomic mass is 16.5. The van der Waals surface area contributed by atoms with Gasteiger partial charge in [-0.2, -0.15) is 0 Å². The lowest BCUT2D eigenvalue weighted by Crippen LogP contribution is -2.28. The van der Waals surface area contributed by atoms with Gasteiger partial charge in [0.05, 0.1) is 13.2 Å². The first-order chi connectivity index (χ1) is 9.01. The molecule has 1 saturated carbocycles. The number of ether oxygens (including phenoxy) is 1. The van der Waals surface area contributed by atoms with Crippen LogP contribution in [0.4, 0.5) is 0 Å². The zero-order chi connectivity index (χ0) is 13.6. The molecule has 0 aromatic heterocycles. The molecule has 0 radical (unpaired) electrons. The van der Waals surface area contributed by atoms with Gasteiger partial charge in [0.1, 0.15) is 5.76 Å². The number of rotatable bonds is 1. The van der Waals surface area contributed by atoms with E-state index in [1.54, 1.807) is 13.2 Å². The van der Waals surface area contributed by atoms with Crippen LogP contribution in [0, 0.1) is 17.3 Å². The molecule has 0 amide bonds. The standard InChI is InChI=1S/C16H20O3/c1-16-8-11(15(18)9-16)6-12(17)5-10-3-4-13(19-2)7-14(10)16/h3-5,7,11,14-15,18H,6,8-9H2,1-2H3/t11-,14+,15-,16?/m1/s1. The first-order valence-electron chi connectivity index (χ1n) is 6.88. The second-order valence-electron chi connectivity index (χ2n) is 6.29. The van der Waals surface area contributed by atoms with E-state index in [2.05, 4.69) is 13.0 Å². The highest BCUT2D eigenvalue weighted by Gasteiger charge is 2.48. The molecule has 3 heteroatoms. The fourth-order valence-electron chi connectivity index (χ4n) is 3.90. The normalized spacial score (nSPS) is 41.0. The van der Waals surface area contributed by atoms with E-state index in [1.807, 2.05) is 12.2 Å². The van der Waals surface area contributed by atoms with Crippen molar-refractivity contribution in [1.82, 2.24) is 0 Å². The molecule has 0 spiro atoms. The van der Waals surface area contributed by atoms with Crippen LogP contribution in [0.1, 0.15) is 26.2 Å². The summed E-state index contributed by atoms with van der Waals surface area (Å²) in [6.45, 7) is 2.22. The Morgan fingerprint density at radius 1 is 1.37 bits per heavy atom. The van der Waals surface area contributed by atoms with Crippen molar-refractivity contribution in [1.29, 1.82) is 0 Å².